The Morgan fingerprint density at radius 3 is 2.90 bits per heavy atom. The Morgan fingerprint density at radius 1 is 1.26 bits per heavy atom. The minimum Gasteiger partial charge on any atom is -0.495 e. The van der Waals surface area contributed by atoms with Gasteiger partial charge in [-0.1, -0.05) is 23.7 Å². The van der Waals surface area contributed by atoms with E-state index >= 15 is 0 Å². The third kappa shape index (κ3) is 4.94. The first-order chi connectivity index (χ1) is 15.0. The Hall–Kier alpha value is -3.19. The lowest BCUT2D eigenvalue weighted by Crippen LogP contribution is -2.41. The summed E-state index contributed by atoms with van der Waals surface area (Å²) in [6.45, 7) is 1.33. The van der Waals surface area contributed by atoms with Crippen molar-refractivity contribution in [2.75, 3.05) is 30.4 Å². The highest BCUT2D eigenvalue weighted by atomic mass is 35.5. The lowest BCUT2D eigenvalue weighted by atomic mass is 9.97. The molecule has 2 aromatic carbocycles. The third-order valence-corrected chi connectivity index (χ3v) is 5.55. The number of anilines is 2. The fraction of sp³-hybridized carbons (Fsp3) is 0.261. The molecule has 1 N–H and O–H groups in total. The van der Waals surface area contributed by atoms with E-state index in [-0.39, 0.29) is 17.6 Å². The second kappa shape index (κ2) is 9.31. The van der Waals surface area contributed by atoms with Gasteiger partial charge in [0.05, 0.1) is 18.1 Å². The number of methoxy groups -OCH3 is 1. The molecule has 0 spiro atoms. The minimum absolute atomic E-state index is 0.0645. The Kier molecular flexibility index (Phi) is 6.32. The molecule has 2 heterocycles. The number of hydrogen-bond donors (Lipinski definition) is 1. The molecule has 1 aliphatic heterocycles. The summed E-state index contributed by atoms with van der Waals surface area (Å²) in [5.41, 5.74) is 1.24. The second-order valence-electron chi connectivity index (χ2n) is 7.37. The molecule has 31 heavy (non-hydrogen) atoms. The van der Waals surface area contributed by atoms with Gasteiger partial charge in [0.15, 0.2) is 5.82 Å². The number of ether oxygens (including phenoxy) is 1. The van der Waals surface area contributed by atoms with Crippen LogP contribution in [0.3, 0.4) is 0 Å². The number of nitrogens with zero attached hydrogens (tertiary/aromatic N) is 3. The van der Waals surface area contributed by atoms with Gasteiger partial charge >= 0.3 is 0 Å². The summed E-state index contributed by atoms with van der Waals surface area (Å²) in [4.78, 5) is 23.8. The number of aromatic nitrogens is 2. The van der Waals surface area contributed by atoms with Crippen LogP contribution < -0.4 is 15.0 Å². The predicted octanol–water partition coefficient (Wildman–Crippen LogP) is 4.80. The molecule has 1 aliphatic rings. The van der Waals surface area contributed by atoms with Crippen molar-refractivity contribution in [3.8, 4) is 17.1 Å². The van der Waals surface area contributed by atoms with Crippen molar-refractivity contribution in [3.05, 3.63) is 65.6 Å². The average Bonchev–Trinajstić information content (AvgIpc) is 2.79. The van der Waals surface area contributed by atoms with Gasteiger partial charge in [0.25, 0.3) is 0 Å². The fourth-order valence-electron chi connectivity index (χ4n) is 3.68. The summed E-state index contributed by atoms with van der Waals surface area (Å²) in [6.07, 6.45) is 3.31. The first-order valence-corrected chi connectivity index (χ1v) is 10.4. The Balaban J connectivity index is 1.46. The molecule has 0 radical (unpaired) electrons. The molecule has 8 heteroatoms. The Morgan fingerprint density at radius 2 is 2.13 bits per heavy atom. The molecule has 1 amide bonds. The molecule has 1 saturated heterocycles. The molecular formula is C23H22ClFN4O2. The van der Waals surface area contributed by atoms with E-state index in [1.54, 1.807) is 43.6 Å². The van der Waals surface area contributed by atoms with E-state index in [0.29, 0.717) is 34.4 Å². The van der Waals surface area contributed by atoms with Crippen LogP contribution in [0.4, 0.5) is 15.9 Å². The van der Waals surface area contributed by atoms with Crippen molar-refractivity contribution in [1.29, 1.82) is 0 Å². The average molecular weight is 441 g/mol. The highest BCUT2D eigenvalue weighted by Crippen LogP contribution is 2.29. The van der Waals surface area contributed by atoms with Gasteiger partial charge in [0.1, 0.15) is 17.4 Å². The van der Waals surface area contributed by atoms with Gasteiger partial charge in [0.2, 0.25) is 5.91 Å². The van der Waals surface area contributed by atoms with E-state index in [1.165, 1.54) is 12.1 Å². The highest BCUT2D eigenvalue weighted by molar-refractivity contribution is 6.32. The van der Waals surface area contributed by atoms with Gasteiger partial charge in [-0.25, -0.2) is 14.4 Å². The minimum atomic E-state index is -0.333. The maximum Gasteiger partial charge on any atom is 0.229 e. The first-order valence-electron chi connectivity index (χ1n) is 10.0. The SMILES string of the molecule is COc1ccc(NC(=O)C2CCCN(c3ccnc(-c4cccc(F)c4)n3)C2)cc1Cl. The van der Waals surface area contributed by atoms with Gasteiger partial charge < -0.3 is 15.0 Å². The molecule has 160 valence electrons. The number of rotatable bonds is 5. The van der Waals surface area contributed by atoms with Crippen LogP contribution in [0.1, 0.15) is 12.8 Å². The standard InChI is InChI=1S/C23H22ClFN4O2/c1-31-20-8-7-18(13-19(20)24)27-23(30)16-5-3-11-29(14-16)21-9-10-26-22(28-21)15-4-2-6-17(25)12-15/h2,4,6-10,12-13,16H,3,5,11,14H2,1H3,(H,27,30). The summed E-state index contributed by atoms with van der Waals surface area (Å²) < 4.78 is 18.7. The van der Waals surface area contributed by atoms with E-state index < -0.39 is 0 Å². The van der Waals surface area contributed by atoms with E-state index in [1.807, 2.05) is 6.07 Å². The predicted molar refractivity (Wildman–Crippen MR) is 119 cm³/mol. The molecule has 1 fully saturated rings. The van der Waals surface area contributed by atoms with Gasteiger partial charge in [-0.05, 0) is 49.2 Å². The maximum atomic E-state index is 13.6. The van der Waals surface area contributed by atoms with E-state index in [0.717, 1.165) is 25.2 Å². The number of benzene rings is 2. The summed E-state index contributed by atoms with van der Waals surface area (Å²) >= 11 is 6.15. The fourth-order valence-corrected chi connectivity index (χ4v) is 3.94. The van der Waals surface area contributed by atoms with E-state index in [2.05, 4.69) is 20.2 Å². The van der Waals surface area contributed by atoms with Crippen LogP contribution in [0.2, 0.25) is 5.02 Å². The number of halogens is 2. The van der Waals surface area contributed by atoms with Gasteiger partial charge in [0, 0.05) is 30.5 Å². The topological polar surface area (TPSA) is 67.3 Å². The molecule has 0 saturated carbocycles. The largest absolute Gasteiger partial charge is 0.495 e. The lowest BCUT2D eigenvalue weighted by molar-refractivity contribution is -0.120. The van der Waals surface area contributed by atoms with E-state index in [4.69, 9.17) is 16.3 Å². The van der Waals surface area contributed by atoms with Crippen molar-refractivity contribution >= 4 is 29.0 Å². The quantitative estimate of drug-likeness (QED) is 0.617. The number of carbonyl (C=O) groups is 1. The lowest BCUT2D eigenvalue weighted by Gasteiger charge is -2.33. The molecule has 1 aromatic heterocycles. The van der Waals surface area contributed by atoms with Crippen molar-refractivity contribution in [3.63, 3.8) is 0 Å². The third-order valence-electron chi connectivity index (χ3n) is 5.26. The van der Waals surface area contributed by atoms with E-state index in [9.17, 15) is 9.18 Å². The Bertz CT molecular complexity index is 1090. The zero-order valence-electron chi connectivity index (χ0n) is 17.0. The monoisotopic (exact) mass is 440 g/mol. The van der Waals surface area contributed by atoms with Crippen molar-refractivity contribution in [2.24, 2.45) is 5.92 Å². The molecule has 1 atom stereocenters. The number of amides is 1. The van der Waals surface area contributed by atoms with Crippen LogP contribution >= 0.6 is 11.6 Å². The number of piperidine rings is 1. The molecule has 0 bridgehead atoms. The van der Waals surface area contributed by atoms with Crippen LogP contribution in [0.15, 0.2) is 54.7 Å². The molecule has 1 unspecified atom stereocenters. The smallest absolute Gasteiger partial charge is 0.229 e. The molecule has 3 aromatic rings. The zero-order chi connectivity index (χ0) is 21.8. The normalized spacial score (nSPS) is 16.1. The summed E-state index contributed by atoms with van der Waals surface area (Å²) in [5, 5.41) is 3.38. The van der Waals surface area contributed by atoms with Crippen LogP contribution in [0, 0.1) is 11.7 Å². The summed E-state index contributed by atoms with van der Waals surface area (Å²) in [6, 6.07) is 13.2. The first kappa shape index (κ1) is 21.1. The molecule has 4 rings (SSSR count). The summed E-state index contributed by atoms with van der Waals surface area (Å²) in [5.74, 6) is 1.14. The maximum absolute atomic E-state index is 13.6. The van der Waals surface area contributed by atoms with Crippen molar-refractivity contribution in [1.82, 2.24) is 9.97 Å². The zero-order valence-corrected chi connectivity index (χ0v) is 17.8. The highest BCUT2D eigenvalue weighted by Gasteiger charge is 2.27. The summed E-state index contributed by atoms with van der Waals surface area (Å²) in [7, 11) is 1.54. The van der Waals surface area contributed by atoms with Crippen LogP contribution in [0.5, 0.6) is 5.75 Å². The number of carbonyl (C=O) groups excluding carboxylic acids is 1. The number of hydrogen-bond acceptors (Lipinski definition) is 5. The van der Waals surface area contributed by atoms with Crippen LogP contribution in [0.25, 0.3) is 11.4 Å². The molecule has 0 aliphatic carbocycles. The molecular weight excluding hydrogens is 419 g/mol. The second-order valence-corrected chi connectivity index (χ2v) is 7.78. The van der Waals surface area contributed by atoms with Gasteiger partial charge in [-0.3, -0.25) is 4.79 Å². The van der Waals surface area contributed by atoms with Crippen LogP contribution in [-0.4, -0.2) is 36.1 Å². The van der Waals surface area contributed by atoms with Gasteiger partial charge in [-0.2, -0.15) is 0 Å². The molecule has 6 nitrogen and oxygen atoms in total. The van der Waals surface area contributed by atoms with Crippen molar-refractivity contribution < 1.29 is 13.9 Å². The van der Waals surface area contributed by atoms with Crippen molar-refractivity contribution in [2.45, 2.75) is 12.8 Å². The van der Waals surface area contributed by atoms with Crippen LogP contribution in [-0.2, 0) is 4.79 Å². The number of nitrogens with one attached hydrogen (secondary N) is 1. The van der Waals surface area contributed by atoms with Gasteiger partial charge in [-0.15, -0.1) is 0 Å². The Labute approximate surface area is 185 Å².